The number of hydrogen-bond donors (Lipinski definition) is 0. The first-order valence-corrected chi connectivity index (χ1v) is 3.97. The molecule has 0 radical (unpaired) electrons. The molecule has 0 aromatic carbocycles. The molecule has 6 heavy (non-hydrogen) atoms. The van der Waals surface area contributed by atoms with Crippen LogP contribution in [0.1, 0.15) is 0 Å². The number of rotatable bonds is 0. The van der Waals surface area contributed by atoms with Gasteiger partial charge in [0.05, 0.1) is 0 Å². The third-order valence-electron chi connectivity index (χ3n) is 0.483. The summed E-state index contributed by atoms with van der Waals surface area (Å²) in [5.74, 6) is 0. The predicted octanol–water partition coefficient (Wildman–Crippen LogP) is 0.315. The molecule has 0 spiro atoms. The van der Waals surface area contributed by atoms with E-state index >= 15 is 0 Å². The minimum atomic E-state index is 1.19. The van der Waals surface area contributed by atoms with Crippen molar-refractivity contribution in [3.8, 4) is 0 Å². The van der Waals surface area contributed by atoms with Crippen LogP contribution >= 0.6 is 11.3 Å². The molecule has 1 rings (SSSR count). The van der Waals surface area contributed by atoms with Crippen molar-refractivity contribution < 1.29 is 18.3 Å². The molecule has 0 saturated heterocycles. The van der Waals surface area contributed by atoms with Crippen molar-refractivity contribution in [3.63, 3.8) is 0 Å². The van der Waals surface area contributed by atoms with Crippen molar-refractivity contribution in [1.82, 2.24) is 4.98 Å². The standard InChI is InChI=1S/C3H2NS.Zn/c1-2-5-3-4-1;/h1-2H;. The Morgan fingerprint density at radius 2 is 2.67 bits per heavy atom. The fraction of sp³-hybridized carbons (Fsp3) is 0. The molecular formula is C3H2NSZn. The first-order valence-electron chi connectivity index (χ1n) is 1.61. The number of aromatic nitrogens is 1. The molecule has 1 nitrogen and oxygen atoms in total. The van der Waals surface area contributed by atoms with E-state index < -0.39 is 0 Å². The van der Waals surface area contributed by atoms with Gasteiger partial charge in [0.15, 0.2) is 0 Å². The molecule has 1 heterocycles. The number of thiazole rings is 1. The molecule has 0 N–H and O–H groups in total. The maximum atomic E-state index is 3.99. The van der Waals surface area contributed by atoms with E-state index in [2.05, 4.69) is 4.98 Å². The molecule has 0 amide bonds. The number of nitrogens with zero attached hydrogens (tertiary/aromatic N) is 1. The van der Waals surface area contributed by atoms with E-state index in [9.17, 15) is 0 Å². The van der Waals surface area contributed by atoms with Gasteiger partial charge < -0.3 is 0 Å². The van der Waals surface area contributed by atoms with Crippen molar-refractivity contribution in [2.24, 2.45) is 0 Å². The molecule has 0 unspecified atom stereocenters. The second-order valence-corrected chi connectivity index (χ2v) is 4.39. The van der Waals surface area contributed by atoms with Gasteiger partial charge in [0.25, 0.3) is 0 Å². The third kappa shape index (κ3) is 0.856. The van der Waals surface area contributed by atoms with Gasteiger partial charge in [-0.05, 0) is 0 Å². The van der Waals surface area contributed by atoms with Gasteiger partial charge in [-0.15, -0.1) is 0 Å². The zero-order chi connectivity index (χ0) is 4.41. The van der Waals surface area contributed by atoms with Crippen molar-refractivity contribution >= 4 is 14.9 Å². The summed E-state index contributed by atoms with van der Waals surface area (Å²) >= 11 is 2.91. The quantitative estimate of drug-likeness (QED) is 0.484. The molecular weight excluding hydrogens is 147 g/mol. The summed E-state index contributed by atoms with van der Waals surface area (Å²) in [6.07, 6.45) is 1.84. The van der Waals surface area contributed by atoms with E-state index in [-0.39, 0.29) is 0 Å². The first kappa shape index (κ1) is 4.41. The predicted molar refractivity (Wildman–Crippen MR) is 21.7 cm³/mol. The van der Waals surface area contributed by atoms with Crippen LogP contribution in [-0.2, 0) is 18.3 Å². The average molecular weight is 150 g/mol. The SMILES string of the molecule is [Zn][c]1nccs1. The molecule has 0 aliphatic rings. The van der Waals surface area contributed by atoms with Crippen LogP contribution in [-0.4, -0.2) is 4.98 Å². The Kier molecular flexibility index (Phi) is 1.33. The van der Waals surface area contributed by atoms with Crippen LogP contribution in [0.25, 0.3) is 0 Å². The van der Waals surface area contributed by atoms with Crippen LogP contribution in [0.2, 0.25) is 0 Å². The van der Waals surface area contributed by atoms with Crippen LogP contribution < -0.4 is 3.60 Å². The molecule has 0 bridgehead atoms. The summed E-state index contributed by atoms with van der Waals surface area (Å²) in [6.45, 7) is 0. The molecule has 0 aliphatic heterocycles. The van der Waals surface area contributed by atoms with Crippen molar-refractivity contribution in [3.05, 3.63) is 11.6 Å². The first-order chi connectivity index (χ1) is 2.89. The fourth-order valence-electron chi connectivity index (χ4n) is 0.253. The molecule has 0 fully saturated rings. The molecule has 1 aromatic heterocycles. The summed E-state index contributed by atoms with van der Waals surface area (Å²) in [6, 6.07) is 0. The Balaban J connectivity index is 3.05. The average Bonchev–Trinajstić information content (AvgIpc) is 1.86. The van der Waals surface area contributed by atoms with Crippen LogP contribution in [0, 0.1) is 0 Å². The summed E-state index contributed by atoms with van der Waals surface area (Å²) in [5.41, 5.74) is 0. The van der Waals surface area contributed by atoms with Gasteiger partial charge in [-0.3, -0.25) is 0 Å². The zero-order valence-electron chi connectivity index (χ0n) is 3.22. The molecule has 27 valence electrons. The van der Waals surface area contributed by atoms with Gasteiger partial charge in [0.1, 0.15) is 0 Å². The van der Waals surface area contributed by atoms with Gasteiger partial charge in [0, 0.05) is 0 Å². The molecule has 0 saturated carbocycles. The van der Waals surface area contributed by atoms with E-state index in [1.165, 1.54) is 21.9 Å². The molecule has 3 heteroatoms. The minimum absolute atomic E-state index is 1.19. The van der Waals surface area contributed by atoms with E-state index in [1.54, 1.807) is 11.3 Å². The monoisotopic (exact) mass is 148 g/mol. The van der Waals surface area contributed by atoms with Crippen LogP contribution in [0.15, 0.2) is 11.6 Å². The maximum absolute atomic E-state index is 3.99. The van der Waals surface area contributed by atoms with Gasteiger partial charge in [0.2, 0.25) is 0 Å². The Bertz CT molecular complexity index is 114. The Hall–Kier alpha value is 0.253. The van der Waals surface area contributed by atoms with Crippen LogP contribution in [0.3, 0.4) is 0 Å². The Morgan fingerprint density at radius 3 is 2.83 bits per heavy atom. The van der Waals surface area contributed by atoms with Gasteiger partial charge in [-0.1, -0.05) is 0 Å². The van der Waals surface area contributed by atoms with Crippen molar-refractivity contribution in [2.45, 2.75) is 0 Å². The molecule has 1 aromatic rings. The van der Waals surface area contributed by atoms with E-state index in [1.807, 2.05) is 11.6 Å². The van der Waals surface area contributed by atoms with E-state index in [4.69, 9.17) is 0 Å². The Morgan fingerprint density at radius 1 is 1.83 bits per heavy atom. The fourth-order valence-corrected chi connectivity index (χ4v) is 1.48. The van der Waals surface area contributed by atoms with Crippen LogP contribution in [0.5, 0.6) is 0 Å². The molecule has 0 atom stereocenters. The van der Waals surface area contributed by atoms with Gasteiger partial charge in [-0.2, -0.15) is 0 Å². The summed E-state index contributed by atoms with van der Waals surface area (Å²) in [7, 11) is 0. The molecule has 0 aliphatic carbocycles. The van der Waals surface area contributed by atoms with Crippen LogP contribution in [0.4, 0.5) is 0 Å². The second-order valence-electron chi connectivity index (χ2n) is 0.926. The van der Waals surface area contributed by atoms with Gasteiger partial charge in [-0.25, -0.2) is 0 Å². The zero-order valence-corrected chi connectivity index (χ0v) is 7.00. The normalized spacial score (nSPS) is 9.00. The third-order valence-corrected chi connectivity index (χ3v) is 2.55. The van der Waals surface area contributed by atoms with Crippen molar-refractivity contribution in [2.75, 3.05) is 0 Å². The van der Waals surface area contributed by atoms with Gasteiger partial charge >= 0.3 is 49.8 Å². The Labute approximate surface area is 50.1 Å². The van der Waals surface area contributed by atoms with E-state index in [0.717, 1.165) is 0 Å². The number of hydrogen-bond acceptors (Lipinski definition) is 2. The summed E-state index contributed by atoms with van der Waals surface area (Å²) in [5, 5.41) is 2.00. The summed E-state index contributed by atoms with van der Waals surface area (Å²) < 4.78 is 1.26. The second kappa shape index (κ2) is 1.81. The summed E-state index contributed by atoms with van der Waals surface area (Å²) in [4.78, 5) is 3.99. The topological polar surface area (TPSA) is 12.9 Å². The van der Waals surface area contributed by atoms with Crippen molar-refractivity contribution in [1.29, 1.82) is 0 Å². The van der Waals surface area contributed by atoms with E-state index in [0.29, 0.717) is 0 Å².